The van der Waals surface area contributed by atoms with E-state index in [2.05, 4.69) is 15.5 Å². The summed E-state index contributed by atoms with van der Waals surface area (Å²) in [5.41, 5.74) is 0.0968. The molecule has 0 aliphatic rings. The van der Waals surface area contributed by atoms with Crippen LogP contribution in [0.15, 0.2) is 69.7 Å². The van der Waals surface area contributed by atoms with Crippen molar-refractivity contribution < 1.29 is 22.9 Å². The third kappa shape index (κ3) is 3.72. The predicted octanol–water partition coefficient (Wildman–Crippen LogP) is 4.30. The fourth-order valence-corrected chi connectivity index (χ4v) is 2.57. The number of aromatic nitrogens is 2. The Kier molecular flexibility index (Phi) is 4.57. The van der Waals surface area contributed by atoms with Gasteiger partial charge in [-0.05, 0) is 42.5 Å². The van der Waals surface area contributed by atoms with Crippen LogP contribution in [0.3, 0.4) is 0 Å². The van der Waals surface area contributed by atoms with Crippen molar-refractivity contribution in [3.8, 4) is 23.1 Å². The molecule has 0 saturated carbocycles. The van der Waals surface area contributed by atoms with Crippen molar-refractivity contribution in [1.29, 1.82) is 0 Å². The zero-order valence-electron chi connectivity index (χ0n) is 14.5. The van der Waals surface area contributed by atoms with Crippen LogP contribution < -0.4 is 5.32 Å². The summed E-state index contributed by atoms with van der Waals surface area (Å²) < 4.78 is 24.2. The Labute approximate surface area is 161 Å². The molecule has 2 heterocycles. The molecule has 144 valence electrons. The number of nitro groups is 1. The van der Waals surface area contributed by atoms with E-state index in [1.807, 2.05) is 0 Å². The maximum Gasteiger partial charge on any atom is 0.305 e. The summed E-state index contributed by atoms with van der Waals surface area (Å²) in [6.07, 6.45) is 1.48. The quantitative estimate of drug-likeness (QED) is 0.395. The molecule has 0 fully saturated rings. The van der Waals surface area contributed by atoms with E-state index in [1.165, 1.54) is 6.26 Å². The minimum Gasteiger partial charge on any atom is -0.459 e. The number of amides is 1. The van der Waals surface area contributed by atoms with Gasteiger partial charge in [0.25, 0.3) is 11.8 Å². The number of rotatable bonds is 5. The van der Waals surface area contributed by atoms with Crippen molar-refractivity contribution in [3.63, 3.8) is 0 Å². The van der Waals surface area contributed by atoms with Crippen molar-refractivity contribution in [2.24, 2.45) is 0 Å². The third-order valence-corrected chi connectivity index (χ3v) is 3.93. The molecule has 10 heteroatoms. The minimum atomic E-state index is -1.02. The summed E-state index contributed by atoms with van der Waals surface area (Å²) in [7, 11) is 0. The van der Waals surface area contributed by atoms with Crippen LogP contribution >= 0.6 is 0 Å². The highest BCUT2D eigenvalue weighted by Crippen LogP contribution is 2.26. The zero-order valence-corrected chi connectivity index (χ0v) is 14.5. The topological polar surface area (TPSA) is 124 Å². The van der Waals surface area contributed by atoms with Gasteiger partial charge in [0.1, 0.15) is 0 Å². The van der Waals surface area contributed by atoms with Crippen LogP contribution in [-0.2, 0) is 0 Å². The summed E-state index contributed by atoms with van der Waals surface area (Å²) in [6, 6.07) is 12.9. The van der Waals surface area contributed by atoms with E-state index in [0.717, 1.165) is 18.2 Å². The van der Waals surface area contributed by atoms with Crippen LogP contribution in [0, 0.1) is 15.9 Å². The van der Waals surface area contributed by atoms with Crippen LogP contribution in [0.1, 0.15) is 10.4 Å². The zero-order chi connectivity index (χ0) is 20.4. The number of furan rings is 1. The molecule has 29 heavy (non-hydrogen) atoms. The second-order valence-electron chi connectivity index (χ2n) is 5.85. The number of carbonyl (C=O) groups is 1. The smallest absolute Gasteiger partial charge is 0.305 e. The number of hydrogen-bond donors (Lipinski definition) is 1. The molecule has 0 saturated heterocycles. The fourth-order valence-electron chi connectivity index (χ4n) is 2.57. The Hall–Kier alpha value is -4.34. The van der Waals surface area contributed by atoms with Gasteiger partial charge in [-0.15, -0.1) is 10.2 Å². The molecule has 4 aromatic rings. The number of benzene rings is 2. The Bertz CT molecular complexity index is 1200. The van der Waals surface area contributed by atoms with Gasteiger partial charge in [0.05, 0.1) is 11.2 Å². The number of hydrogen-bond acceptors (Lipinski definition) is 7. The molecular weight excluding hydrogens is 383 g/mol. The average molecular weight is 394 g/mol. The molecule has 1 amide bonds. The molecule has 0 radical (unpaired) electrons. The molecule has 4 rings (SSSR count). The molecule has 9 nitrogen and oxygen atoms in total. The molecule has 0 bridgehead atoms. The van der Waals surface area contributed by atoms with Gasteiger partial charge < -0.3 is 14.2 Å². The maximum atomic E-state index is 13.5. The summed E-state index contributed by atoms with van der Waals surface area (Å²) in [4.78, 5) is 22.3. The van der Waals surface area contributed by atoms with E-state index in [0.29, 0.717) is 17.0 Å². The number of anilines is 1. The highest BCUT2D eigenvalue weighted by atomic mass is 19.1. The maximum absolute atomic E-state index is 13.5. The van der Waals surface area contributed by atoms with Crippen molar-refractivity contribution >= 4 is 17.3 Å². The van der Waals surface area contributed by atoms with E-state index < -0.39 is 22.3 Å². The van der Waals surface area contributed by atoms with Crippen molar-refractivity contribution in [2.75, 3.05) is 5.32 Å². The highest BCUT2D eigenvalue weighted by molar-refractivity contribution is 6.04. The number of nitrogens with zero attached hydrogens (tertiary/aromatic N) is 3. The lowest BCUT2D eigenvalue weighted by Gasteiger charge is -2.06. The monoisotopic (exact) mass is 394 g/mol. The lowest BCUT2D eigenvalue weighted by Crippen LogP contribution is -2.12. The van der Waals surface area contributed by atoms with E-state index in [4.69, 9.17) is 8.83 Å². The number of carbonyl (C=O) groups excluding carboxylic acids is 1. The SMILES string of the molecule is O=C(Nc1cccc(-c2nnc(-c3ccco3)o2)c1)c1ccc(F)c([N+](=O)[O-])c1. The van der Waals surface area contributed by atoms with Gasteiger partial charge in [0, 0.05) is 22.9 Å². The fraction of sp³-hybridized carbons (Fsp3) is 0. The summed E-state index contributed by atoms with van der Waals surface area (Å²) in [5.74, 6) is -0.807. The van der Waals surface area contributed by atoms with Crippen LogP contribution in [0.4, 0.5) is 15.8 Å². The molecule has 2 aromatic heterocycles. The molecule has 1 N–H and O–H groups in total. The Balaban J connectivity index is 1.56. The van der Waals surface area contributed by atoms with Gasteiger partial charge >= 0.3 is 5.69 Å². The average Bonchev–Trinajstić information content (AvgIpc) is 3.40. The first-order chi connectivity index (χ1) is 14.0. The summed E-state index contributed by atoms with van der Waals surface area (Å²) in [5, 5.41) is 21.3. The first-order valence-corrected chi connectivity index (χ1v) is 8.24. The molecule has 0 aliphatic carbocycles. The van der Waals surface area contributed by atoms with Gasteiger partial charge in [-0.1, -0.05) is 6.07 Å². The van der Waals surface area contributed by atoms with Crippen LogP contribution in [0.5, 0.6) is 0 Å². The number of nitro benzene ring substituents is 1. The van der Waals surface area contributed by atoms with Crippen molar-refractivity contribution in [2.45, 2.75) is 0 Å². The predicted molar refractivity (Wildman–Crippen MR) is 98.4 cm³/mol. The molecule has 0 spiro atoms. The lowest BCUT2D eigenvalue weighted by atomic mass is 10.1. The standard InChI is InChI=1S/C19H11FN4O5/c20-14-7-6-11(10-15(14)24(26)27)17(25)21-13-4-1-3-12(9-13)18-22-23-19(29-18)16-5-2-8-28-16/h1-10H,(H,21,25). The molecule has 0 aliphatic heterocycles. The van der Waals surface area contributed by atoms with Gasteiger partial charge in [-0.3, -0.25) is 14.9 Å². The Morgan fingerprint density at radius 1 is 1.07 bits per heavy atom. The van der Waals surface area contributed by atoms with E-state index in [9.17, 15) is 19.3 Å². The van der Waals surface area contributed by atoms with E-state index >= 15 is 0 Å². The molecule has 2 aromatic carbocycles. The van der Waals surface area contributed by atoms with Crippen molar-refractivity contribution in [1.82, 2.24) is 10.2 Å². The van der Waals surface area contributed by atoms with Gasteiger partial charge in [-0.2, -0.15) is 4.39 Å². The van der Waals surface area contributed by atoms with Crippen LogP contribution in [0.25, 0.3) is 23.1 Å². The lowest BCUT2D eigenvalue weighted by molar-refractivity contribution is -0.387. The van der Waals surface area contributed by atoms with Crippen molar-refractivity contribution in [3.05, 3.63) is 82.4 Å². The first kappa shape index (κ1) is 18.0. The van der Waals surface area contributed by atoms with E-state index in [1.54, 1.807) is 36.4 Å². The molecule has 0 atom stereocenters. The molecule has 0 unspecified atom stereocenters. The van der Waals surface area contributed by atoms with Gasteiger partial charge in [-0.25, -0.2) is 0 Å². The molecular formula is C19H11FN4O5. The second-order valence-corrected chi connectivity index (χ2v) is 5.85. The van der Waals surface area contributed by atoms with Gasteiger partial charge in [0.15, 0.2) is 5.76 Å². The Morgan fingerprint density at radius 2 is 1.90 bits per heavy atom. The second kappa shape index (κ2) is 7.35. The summed E-state index contributed by atoms with van der Waals surface area (Å²) >= 11 is 0. The van der Waals surface area contributed by atoms with E-state index in [-0.39, 0.29) is 17.3 Å². The third-order valence-electron chi connectivity index (χ3n) is 3.93. The largest absolute Gasteiger partial charge is 0.459 e. The Morgan fingerprint density at radius 3 is 2.66 bits per heavy atom. The minimum absolute atomic E-state index is 0.0543. The highest BCUT2D eigenvalue weighted by Gasteiger charge is 2.18. The summed E-state index contributed by atoms with van der Waals surface area (Å²) in [6.45, 7) is 0. The number of halogens is 1. The number of nitrogens with one attached hydrogen (secondary N) is 1. The van der Waals surface area contributed by atoms with Crippen LogP contribution in [-0.4, -0.2) is 21.0 Å². The van der Waals surface area contributed by atoms with Crippen LogP contribution in [0.2, 0.25) is 0 Å². The van der Waals surface area contributed by atoms with Gasteiger partial charge in [0.2, 0.25) is 11.7 Å². The normalized spacial score (nSPS) is 10.7. The first-order valence-electron chi connectivity index (χ1n) is 8.24.